The Labute approximate surface area is 124 Å². The average Bonchev–Trinajstić information content (AvgIpc) is 2.77. The fourth-order valence-electron chi connectivity index (χ4n) is 2.35. The second-order valence-electron chi connectivity index (χ2n) is 6.00. The predicted octanol–water partition coefficient (Wildman–Crippen LogP) is 0.685. The molecule has 1 atom stereocenters. The number of rotatable bonds is 5. The Morgan fingerprint density at radius 3 is 2.86 bits per heavy atom. The quantitative estimate of drug-likeness (QED) is 0.850. The lowest BCUT2D eigenvalue weighted by molar-refractivity contribution is 0.0325. The van der Waals surface area contributed by atoms with Gasteiger partial charge in [-0.05, 0) is 39.6 Å². The molecule has 2 aromatic rings. The number of likely N-dealkylation sites (N-methyl/N-ethyl adjacent to an activating group) is 1. The first-order valence-corrected chi connectivity index (χ1v) is 6.87. The third-order valence-corrected chi connectivity index (χ3v) is 3.17. The van der Waals surface area contributed by atoms with Crippen LogP contribution in [0.3, 0.4) is 0 Å². The van der Waals surface area contributed by atoms with E-state index < -0.39 is 5.60 Å². The van der Waals surface area contributed by atoms with E-state index in [9.17, 15) is 9.90 Å². The van der Waals surface area contributed by atoms with Crippen molar-refractivity contribution in [3.05, 3.63) is 35.8 Å². The van der Waals surface area contributed by atoms with Crippen molar-refractivity contribution in [3.63, 3.8) is 0 Å². The van der Waals surface area contributed by atoms with Crippen LogP contribution in [0.4, 0.5) is 0 Å². The number of aliphatic hydroxyl groups is 1. The van der Waals surface area contributed by atoms with E-state index in [0.717, 1.165) is 11.2 Å². The van der Waals surface area contributed by atoms with E-state index in [-0.39, 0.29) is 12.5 Å². The minimum Gasteiger partial charge on any atom is -0.387 e. The van der Waals surface area contributed by atoms with Gasteiger partial charge in [0, 0.05) is 19.3 Å². The Morgan fingerprint density at radius 1 is 1.48 bits per heavy atom. The third-order valence-electron chi connectivity index (χ3n) is 3.17. The molecule has 0 saturated heterocycles. The number of amides is 1. The first kappa shape index (κ1) is 15.5. The Bertz CT molecular complexity index is 646. The zero-order valence-electron chi connectivity index (χ0n) is 12.9. The number of hydrogen-bond donors (Lipinski definition) is 2. The molecule has 0 bridgehead atoms. The van der Waals surface area contributed by atoms with E-state index >= 15 is 0 Å². The van der Waals surface area contributed by atoms with Gasteiger partial charge in [0.25, 0.3) is 5.91 Å². The monoisotopic (exact) mass is 290 g/mol. The number of aromatic nitrogens is 2. The summed E-state index contributed by atoms with van der Waals surface area (Å²) in [6, 6.07) is 3.82. The van der Waals surface area contributed by atoms with Crippen LogP contribution in [-0.2, 0) is 0 Å². The Hall–Kier alpha value is -1.92. The molecule has 0 aliphatic heterocycles. The Morgan fingerprint density at radius 2 is 2.19 bits per heavy atom. The van der Waals surface area contributed by atoms with Gasteiger partial charge in [-0.3, -0.25) is 9.20 Å². The van der Waals surface area contributed by atoms with Gasteiger partial charge in [-0.2, -0.15) is 0 Å². The molecule has 6 nitrogen and oxygen atoms in total. The van der Waals surface area contributed by atoms with Crippen LogP contribution < -0.4 is 5.32 Å². The molecule has 0 saturated carbocycles. The Kier molecular flexibility index (Phi) is 4.29. The summed E-state index contributed by atoms with van der Waals surface area (Å²) in [5.74, 6) is -0.243. The zero-order valence-corrected chi connectivity index (χ0v) is 12.9. The maximum atomic E-state index is 12.3. The van der Waals surface area contributed by atoms with Crippen LogP contribution in [0.25, 0.3) is 5.65 Å². The molecular weight excluding hydrogens is 268 g/mol. The fraction of sp³-hybridized carbons (Fsp3) is 0.467. The number of nitrogens with one attached hydrogen (secondary N) is 1. The van der Waals surface area contributed by atoms with E-state index in [2.05, 4.69) is 10.3 Å². The standard InChI is InChI=1S/C15H22N4O2/c1-11-5-6-13-16-7-12(19(13)8-11)14(20)17-9-15(2,21)10-18(3)4/h5-8,21H,9-10H2,1-4H3,(H,17,20). The average molecular weight is 290 g/mol. The number of carbonyl (C=O) groups excluding carboxylic acids is 1. The number of nitrogens with zero attached hydrogens (tertiary/aromatic N) is 3. The molecule has 0 radical (unpaired) electrons. The lowest BCUT2D eigenvalue weighted by Gasteiger charge is -2.27. The van der Waals surface area contributed by atoms with Gasteiger partial charge < -0.3 is 15.3 Å². The summed E-state index contributed by atoms with van der Waals surface area (Å²) in [6.07, 6.45) is 3.42. The van der Waals surface area contributed by atoms with Crippen molar-refractivity contribution in [3.8, 4) is 0 Å². The fourth-order valence-corrected chi connectivity index (χ4v) is 2.35. The highest BCUT2D eigenvalue weighted by atomic mass is 16.3. The van der Waals surface area contributed by atoms with E-state index in [4.69, 9.17) is 0 Å². The van der Waals surface area contributed by atoms with Gasteiger partial charge in [0.15, 0.2) is 0 Å². The van der Waals surface area contributed by atoms with Crippen LogP contribution in [-0.4, -0.2) is 58.1 Å². The molecule has 1 unspecified atom stereocenters. The van der Waals surface area contributed by atoms with Crippen molar-refractivity contribution in [2.24, 2.45) is 0 Å². The molecule has 114 valence electrons. The molecule has 2 rings (SSSR count). The maximum Gasteiger partial charge on any atom is 0.270 e. The third kappa shape index (κ3) is 3.80. The lowest BCUT2D eigenvalue weighted by Crippen LogP contribution is -2.47. The summed E-state index contributed by atoms with van der Waals surface area (Å²) in [6.45, 7) is 4.32. The van der Waals surface area contributed by atoms with E-state index in [1.165, 1.54) is 0 Å². The van der Waals surface area contributed by atoms with Crippen LogP contribution >= 0.6 is 0 Å². The van der Waals surface area contributed by atoms with Gasteiger partial charge >= 0.3 is 0 Å². The predicted molar refractivity (Wildman–Crippen MR) is 81.4 cm³/mol. The minimum atomic E-state index is -0.977. The highest BCUT2D eigenvalue weighted by Crippen LogP contribution is 2.09. The number of pyridine rings is 1. The topological polar surface area (TPSA) is 69.9 Å². The SMILES string of the molecule is Cc1ccc2ncc(C(=O)NCC(C)(O)CN(C)C)n2c1. The van der Waals surface area contributed by atoms with Gasteiger partial charge in [0.05, 0.1) is 11.8 Å². The smallest absolute Gasteiger partial charge is 0.270 e. The van der Waals surface area contributed by atoms with Gasteiger partial charge in [-0.15, -0.1) is 0 Å². The van der Waals surface area contributed by atoms with Crippen molar-refractivity contribution in [1.29, 1.82) is 0 Å². The minimum absolute atomic E-state index is 0.184. The molecule has 6 heteroatoms. The van der Waals surface area contributed by atoms with Crippen molar-refractivity contribution < 1.29 is 9.90 Å². The molecule has 0 fully saturated rings. The summed E-state index contributed by atoms with van der Waals surface area (Å²) in [5.41, 5.74) is 1.27. The van der Waals surface area contributed by atoms with Gasteiger partial charge in [-0.25, -0.2) is 4.98 Å². The molecule has 2 N–H and O–H groups in total. The summed E-state index contributed by atoms with van der Waals surface area (Å²) in [7, 11) is 3.76. The zero-order chi connectivity index (χ0) is 15.6. The van der Waals surface area contributed by atoms with E-state index in [1.54, 1.807) is 17.5 Å². The number of carbonyl (C=O) groups is 1. The first-order chi connectivity index (χ1) is 9.78. The number of aryl methyl sites for hydroxylation is 1. The lowest BCUT2D eigenvalue weighted by atomic mass is 10.1. The molecule has 0 aliphatic rings. The van der Waals surface area contributed by atoms with Crippen LogP contribution in [0.5, 0.6) is 0 Å². The number of imidazole rings is 1. The van der Waals surface area contributed by atoms with E-state index in [1.807, 2.05) is 44.2 Å². The highest BCUT2D eigenvalue weighted by Gasteiger charge is 2.23. The molecule has 2 heterocycles. The summed E-state index contributed by atoms with van der Waals surface area (Å²) in [5, 5.41) is 13.0. The van der Waals surface area contributed by atoms with Crippen molar-refractivity contribution in [2.75, 3.05) is 27.2 Å². The molecule has 0 aromatic carbocycles. The van der Waals surface area contributed by atoms with Crippen molar-refractivity contribution in [1.82, 2.24) is 19.6 Å². The van der Waals surface area contributed by atoms with Gasteiger partial charge in [0.1, 0.15) is 11.3 Å². The molecular formula is C15H22N4O2. The van der Waals surface area contributed by atoms with Gasteiger partial charge in [0.2, 0.25) is 0 Å². The van der Waals surface area contributed by atoms with Gasteiger partial charge in [-0.1, -0.05) is 6.07 Å². The summed E-state index contributed by atoms with van der Waals surface area (Å²) in [4.78, 5) is 18.4. The molecule has 1 amide bonds. The highest BCUT2D eigenvalue weighted by molar-refractivity contribution is 5.93. The van der Waals surface area contributed by atoms with Crippen LogP contribution in [0, 0.1) is 6.92 Å². The maximum absolute atomic E-state index is 12.3. The first-order valence-electron chi connectivity index (χ1n) is 6.87. The van der Waals surface area contributed by atoms with E-state index in [0.29, 0.717) is 12.2 Å². The second-order valence-corrected chi connectivity index (χ2v) is 6.00. The van der Waals surface area contributed by atoms with Crippen LogP contribution in [0.2, 0.25) is 0 Å². The molecule has 0 aliphatic carbocycles. The second kappa shape index (κ2) is 5.83. The number of hydrogen-bond acceptors (Lipinski definition) is 4. The summed E-state index contributed by atoms with van der Waals surface area (Å²) >= 11 is 0. The Balaban J connectivity index is 2.11. The molecule has 21 heavy (non-hydrogen) atoms. The van der Waals surface area contributed by atoms with Crippen LogP contribution in [0.1, 0.15) is 23.0 Å². The van der Waals surface area contributed by atoms with Crippen LogP contribution in [0.15, 0.2) is 24.5 Å². The summed E-state index contributed by atoms with van der Waals surface area (Å²) < 4.78 is 1.76. The van der Waals surface area contributed by atoms with Crippen molar-refractivity contribution >= 4 is 11.6 Å². The normalized spacial score (nSPS) is 14.4. The molecule has 0 spiro atoms. The number of fused-ring (bicyclic) bond motifs is 1. The molecule has 2 aromatic heterocycles. The van der Waals surface area contributed by atoms with Crippen molar-refractivity contribution in [2.45, 2.75) is 19.4 Å². The largest absolute Gasteiger partial charge is 0.387 e.